The molecule has 0 aromatic carbocycles. The highest BCUT2D eigenvalue weighted by Crippen LogP contribution is 2.66. The molecule has 6 heteroatoms. The summed E-state index contributed by atoms with van der Waals surface area (Å²) in [7, 11) is 0. The average molecular weight is 447 g/mol. The standard InChI is InChI=1S/C26H36F2N2O2/c1-24(32)10-11-26(28)16(13-24)3-4-17-18-5-6-20(25(18,2)9-7-19(17)26)23(31)15-30-22-8-12-29-14-21(22)27/h8,12,14,16-20,32H,3-7,9-11,13,15H2,1-2H3,(H,29,30)/t16-,17+,18+,19+,20-,24+,25+,26-/m1/s1. The smallest absolute Gasteiger partial charge is 0.164 e. The van der Waals surface area contributed by atoms with E-state index >= 15 is 4.39 Å². The number of carbonyl (C=O) groups excluding carboxylic acids is 1. The number of aromatic nitrogens is 1. The van der Waals surface area contributed by atoms with E-state index in [1.165, 1.54) is 6.20 Å². The third-order valence-electron chi connectivity index (χ3n) is 9.93. The third-order valence-corrected chi connectivity index (χ3v) is 9.93. The number of hydrogen-bond acceptors (Lipinski definition) is 4. The van der Waals surface area contributed by atoms with Crippen LogP contribution in [0.25, 0.3) is 0 Å². The minimum atomic E-state index is -1.16. The van der Waals surface area contributed by atoms with Crippen LogP contribution in [0.15, 0.2) is 18.5 Å². The molecule has 0 radical (unpaired) electrons. The Bertz CT molecular complexity index is 892. The molecule has 4 saturated carbocycles. The van der Waals surface area contributed by atoms with Crippen LogP contribution in [-0.2, 0) is 4.79 Å². The van der Waals surface area contributed by atoms with Gasteiger partial charge in [0.25, 0.3) is 0 Å². The molecule has 4 nitrogen and oxygen atoms in total. The maximum atomic E-state index is 16.5. The molecule has 0 bridgehead atoms. The molecule has 4 aliphatic carbocycles. The molecule has 8 atom stereocenters. The van der Waals surface area contributed by atoms with Crippen molar-refractivity contribution < 1.29 is 18.7 Å². The first-order valence-corrected chi connectivity index (χ1v) is 12.4. The molecule has 1 aromatic heterocycles. The van der Waals surface area contributed by atoms with Crippen molar-refractivity contribution in [1.82, 2.24) is 4.98 Å². The summed E-state index contributed by atoms with van der Waals surface area (Å²) in [5.41, 5.74) is -1.68. The summed E-state index contributed by atoms with van der Waals surface area (Å²) >= 11 is 0. The Morgan fingerprint density at radius 3 is 2.75 bits per heavy atom. The van der Waals surface area contributed by atoms with Crippen LogP contribution in [-0.4, -0.2) is 33.7 Å². The largest absolute Gasteiger partial charge is 0.390 e. The lowest BCUT2D eigenvalue weighted by molar-refractivity contribution is -0.165. The Morgan fingerprint density at radius 1 is 1.16 bits per heavy atom. The van der Waals surface area contributed by atoms with Gasteiger partial charge in [-0.25, -0.2) is 8.78 Å². The summed E-state index contributed by atoms with van der Waals surface area (Å²) in [6.45, 7) is 4.22. The van der Waals surface area contributed by atoms with E-state index < -0.39 is 17.1 Å². The van der Waals surface area contributed by atoms with Gasteiger partial charge in [0.2, 0.25) is 0 Å². The Kier molecular flexibility index (Phi) is 5.39. The third kappa shape index (κ3) is 3.48. The molecular formula is C26H36F2N2O2. The molecule has 2 N–H and O–H groups in total. The number of nitrogens with one attached hydrogen (secondary N) is 1. The van der Waals surface area contributed by atoms with Gasteiger partial charge < -0.3 is 10.4 Å². The van der Waals surface area contributed by atoms with E-state index in [0.29, 0.717) is 36.8 Å². The number of halogens is 2. The van der Waals surface area contributed by atoms with Gasteiger partial charge in [0.15, 0.2) is 11.6 Å². The van der Waals surface area contributed by atoms with Gasteiger partial charge in [-0.3, -0.25) is 9.78 Å². The highest BCUT2D eigenvalue weighted by Gasteiger charge is 2.63. The molecule has 1 heterocycles. The molecule has 0 aliphatic heterocycles. The van der Waals surface area contributed by atoms with Crippen LogP contribution in [0.1, 0.15) is 71.6 Å². The van der Waals surface area contributed by atoms with Crippen LogP contribution in [0, 0.1) is 40.8 Å². The molecule has 32 heavy (non-hydrogen) atoms. The van der Waals surface area contributed by atoms with E-state index in [9.17, 15) is 14.3 Å². The van der Waals surface area contributed by atoms with Gasteiger partial charge in [-0.05, 0) is 99.9 Å². The maximum absolute atomic E-state index is 16.5. The second kappa shape index (κ2) is 7.75. The van der Waals surface area contributed by atoms with Gasteiger partial charge in [-0.15, -0.1) is 0 Å². The molecule has 0 amide bonds. The fourth-order valence-electron chi connectivity index (χ4n) is 8.33. The number of carbonyl (C=O) groups is 1. The van der Waals surface area contributed by atoms with E-state index in [1.807, 2.05) is 6.92 Å². The Hall–Kier alpha value is -1.56. The van der Waals surface area contributed by atoms with Crippen LogP contribution in [0.2, 0.25) is 0 Å². The Morgan fingerprint density at radius 2 is 1.97 bits per heavy atom. The van der Waals surface area contributed by atoms with Gasteiger partial charge >= 0.3 is 0 Å². The van der Waals surface area contributed by atoms with Crippen LogP contribution >= 0.6 is 0 Å². The lowest BCUT2D eigenvalue weighted by atomic mass is 9.48. The van der Waals surface area contributed by atoms with Crippen molar-refractivity contribution in [3.63, 3.8) is 0 Å². The van der Waals surface area contributed by atoms with Gasteiger partial charge in [0.1, 0.15) is 5.67 Å². The maximum Gasteiger partial charge on any atom is 0.164 e. The second-order valence-electron chi connectivity index (χ2n) is 11.6. The predicted octanol–water partition coefficient (Wildman–Crippen LogP) is 5.31. The fraction of sp³-hybridized carbons (Fsp3) is 0.769. The second-order valence-corrected chi connectivity index (χ2v) is 11.6. The number of aliphatic hydroxyl groups is 1. The quantitative estimate of drug-likeness (QED) is 0.658. The first kappa shape index (κ1) is 22.2. The number of pyridine rings is 1. The predicted molar refractivity (Wildman–Crippen MR) is 119 cm³/mol. The number of Topliss-reactive ketones (excluding diaryl/α,β-unsaturated/α-hetero) is 1. The number of alkyl halides is 1. The van der Waals surface area contributed by atoms with E-state index in [-0.39, 0.29) is 35.5 Å². The molecule has 0 spiro atoms. The molecule has 4 fully saturated rings. The van der Waals surface area contributed by atoms with Crippen LogP contribution in [0.5, 0.6) is 0 Å². The van der Waals surface area contributed by atoms with Gasteiger partial charge in [-0.2, -0.15) is 0 Å². The van der Waals surface area contributed by atoms with Crippen molar-refractivity contribution in [3.8, 4) is 0 Å². The van der Waals surface area contributed by atoms with Gasteiger partial charge in [-0.1, -0.05) is 6.92 Å². The molecular weight excluding hydrogens is 410 g/mol. The zero-order valence-electron chi connectivity index (χ0n) is 19.2. The number of ketones is 1. The zero-order valence-corrected chi connectivity index (χ0v) is 19.2. The number of fused-ring (bicyclic) bond motifs is 5. The van der Waals surface area contributed by atoms with Crippen LogP contribution in [0.4, 0.5) is 14.5 Å². The molecule has 4 aliphatic rings. The molecule has 0 unspecified atom stereocenters. The van der Waals surface area contributed by atoms with Crippen molar-refractivity contribution in [2.45, 2.75) is 82.9 Å². The van der Waals surface area contributed by atoms with E-state index in [0.717, 1.165) is 44.7 Å². The lowest BCUT2D eigenvalue weighted by Crippen LogP contribution is -2.58. The van der Waals surface area contributed by atoms with E-state index in [2.05, 4.69) is 17.2 Å². The number of rotatable bonds is 4. The number of anilines is 1. The monoisotopic (exact) mass is 446 g/mol. The molecule has 176 valence electrons. The van der Waals surface area contributed by atoms with Crippen molar-refractivity contribution >= 4 is 11.5 Å². The van der Waals surface area contributed by atoms with Crippen LogP contribution in [0.3, 0.4) is 0 Å². The fourth-order valence-corrected chi connectivity index (χ4v) is 8.33. The van der Waals surface area contributed by atoms with Gasteiger partial charge in [0.05, 0.1) is 24.0 Å². The summed E-state index contributed by atoms with van der Waals surface area (Å²) in [6, 6.07) is 1.55. The highest BCUT2D eigenvalue weighted by molar-refractivity contribution is 5.86. The molecule has 0 saturated heterocycles. The summed E-state index contributed by atoms with van der Waals surface area (Å²) < 4.78 is 30.3. The SMILES string of the molecule is C[C@]1(O)CC[C@@]2(F)[C@H](CC[C@H]3[C@@H]4CC[C@H](C(=O)CNc5ccncc5F)[C@@]4(C)CC[C@@H]32)C1. The summed E-state index contributed by atoms with van der Waals surface area (Å²) in [5.74, 6) is 0.384. The van der Waals surface area contributed by atoms with Crippen LogP contribution < -0.4 is 5.32 Å². The minimum absolute atomic E-state index is 0.0323. The summed E-state index contributed by atoms with van der Waals surface area (Å²) in [6.07, 6.45) is 9.66. The van der Waals surface area contributed by atoms with Crippen molar-refractivity contribution in [1.29, 1.82) is 0 Å². The van der Waals surface area contributed by atoms with Gasteiger partial charge in [0, 0.05) is 12.1 Å². The van der Waals surface area contributed by atoms with E-state index in [1.54, 1.807) is 6.07 Å². The minimum Gasteiger partial charge on any atom is -0.390 e. The topological polar surface area (TPSA) is 62.2 Å². The number of hydrogen-bond donors (Lipinski definition) is 2. The summed E-state index contributed by atoms with van der Waals surface area (Å²) in [5, 5.41) is 13.5. The first-order chi connectivity index (χ1) is 15.1. The van der Waals surface area contributed by atoms with Crippen molar-refractivity contribution in [2.75, 3.05) is 11.9 Å². The first-order valence-electron chi connectivity index (χ1n) is 12.4. The highest BCUT2D eigenvalue weighted by atomic mass is 19.1. The normalized spacial score (nSPS) is 45.5. The average Bonchev–Trinajstić information content (AvgIpc) is 3.11. The number of nitrogens with zero attached hydrogens (tertiary/aromatic N) is 1. The van der Waals surface area contributed by atoms with Crippen molar-refractivity contribution in [2.24, 2.45) is 35.0 Å². The Labute approximate surface area is 189 Å². The zero-order chi connectivity index (χ0) is 22.7. The lowest BCUT2D eigenvalue weighted by Gasteiger charge is -2.59. The van der Waals surface area contributed by atoms with E-state index in [4.69, 9.17) is 0 Å². The molecule has 5 rings (SSSR count). The summed E-state index contributed by atoms with van der Waals surface area (Å²) in [4.78, 5) is 17.0. The molecule has 1 aromatic rings. The Balaban J connectivity index is 1.30. The van der Waals surface area contributed by atoms with Crippen molar-refractivity contribution in [3.05, 3.63) is 24.3 Å².